The predicted octanol–water partition coefficient (Wildman–Crippen LogP) is 3.02. The average molecular weight is 221 g/mol. The zero-order valence-electron chi connectivity index (χ0n) is 10.5. The van der Waals surface area contributed by atoms with E-state index in [1.165, 1.54) is 12.0 Å². The molecule has 0 unspecified atom stereocenters. The van der Waals surface area contributed by atoms with Gasteiger partial charge >= 0.3 is 0 Å². The Morgan fingerprint density at radius 1 is 1.12 bits per heavy atom. The van der Waals surface area contributed by atoms with Gasteiger partial charge in [0.1, 0.15) is 5.75 Å². The van der Waals surface area contributed by atoms with Crippen molar-refractivity contribution >= 4 is 0 Å². The summed E-state index contributed by atoms with van der Waals surface area (Å²) in [7, 11) is 0. The number of benzene rings is 1. The van der Waals surface area contributed by atoms with Crippen molar-refractivity contribution in [2.75, 3.05) is 19.7 Å². The van der Waals surface area contributed by atoms with Crippen LogP contribution in [0.2, 0.25) is 0 Å². The van der Waals surface area contributed by atoms with Crippen LogP contribution in [0.25, 0.3) is 0 Å². The van der Waals surface area contributed by atoms with E-state index in [9.17, 15) is 0 Å². The van der Waals surface area contributed by atoms with Gasteiger partial charge in [0, 0.05) is 0 Å². The van der Waals surface area contributed by atoms with Crippen LogP contribution >= 0.6 is 0 Å². The molecule has 1 aromatic rings. The highest BCUT2D eigenvalue weighted by Gasteiger charge is 1.96. The molecule has 0 fully saturated rings. The van der Waals surface area contributed by atoms with E-state index in [1.54, 1.807) is 0 Å². The molecule has 0 radical (unpaired) electrons. The molecule has 0 aliphatic heterocycles. The molecule has 0 spiro atoms. The highest BCUT2D eigenvalue weighted by Crippen LogP contribution is 2.13. The summed E-state index contributed by atoms with van der Waals surface area (Å²) in [6.45, 7) is 7.26. The van der Waals surface area contributed by atoms with Gasteiger partial charge in [-0.25, -0.2) is 0 Å². The first-order valence-corrected chi connectivity index (χ1v) is 6.29. The van der Waals surface area contributed by atoms with Crippen LogP contribution in [0.4, 0.5) is 0 Å². The Morgan fingerprint density at radius 3 is 2.75 bits per heavy atom. The van der Waals surface area contributed by atoms with Crippen LogP contribution in [-0.4, -0.2) is 19.7 Å². The van der Waals surface area contributed by atoms with Crippen LogP contribution < -0.4 is 10.1 Å². The van der Waals surface area contributed by atoms with Gasteiger partial charge < -0.3 is 10.1 Å². The normalized spacial score (nSPS) is 10.4. The second kappa shape index (κ2) is 8.17. The molecule has 0 atom stereocenters. The molecule has 0 aromatic heterocycles. The molecule has 16 heavy (non-hydrogen) atoms. The second-order valence-electron chi connectivity index (χ2n) is 4.00. The van der Waals surface area contributed by atoms with Gasteiger partial charge in [-0.3, -0.25) is 0 Å². The fourth-order valence-electron chi connectivity index (χ4n) is 1.55. The molecule has 1 aromatic carbocycles. The Balaban J connectivity index is 2.35. The van der Waals surface area contributed by atoms with Crippen LogP contribution in [0.5, 0.6) is 5.75 Å². The maximum absolute atomic E-state index is 5.60. The first kappa shape index (κ1) is 13.0. The molecule has 0 saturated carbocycles. The van der Waals surface area contributed by atoms with Crippen molar-refractivity contribution in [3.63, 3.8) is 0 Å². The number of hydrogen-bond acceptors (Lipinski definition) is 2. The second-order valence-corrected chi connectivity index (χ2v) is 4.00. The van der Waals surface area contributed by atoms with Crippen molar-refractivity contribution in [1.29, 1.82) is 0 Å². The van der Waals surface area contributed by atoms with Gasteiger partial charge in [-0.2, -0.15) is 0 Å². The lowest BCUT2D eigenvalue weighted by molar-refractivity contribution is 0.317. The first-order chi connectivity index (χ1) is 7.86. The van der Waals surface area contributed by atoms with E-state index in [-0.39, 0.29) is 0 Å². The van der Waals surface area contributed by atoms with Crippen molar-refractivity contribution in [3.8, 4) is 5.75 Å². The Hall–Kier alpha value is -1.02. The zero-order valence-corrected chi connectivity index (χ0v) is 10.5. The molecule has 2 heteroatoms. The van der Waals surface area contributed by atoms with E-state index in [0.717, 1.165) is 38.3 Å². The Kier molecular flexibility index (Phi) is 6.66. The molecule has 0 saturated heterocycles. The molecule has 0 aliphatic rings. The number of hydrogen-bond donors (Lipinski definition) is 1. The maximum atomic E-state index is 5.60. The molecule has 90 valence electrons. The standard InChI is InChI=1S/C14H23NO/c1-3-9-15-10-8-13-6-5-7-14(12-13)16-11-4-2/h5-7,12,15H,3-4,8-11H2,1-2H3. The SMILES string of the molecule is CCCNCCc1cccc(OCCC)c1. The Morgan fingerprint density at radius 2 is 2.00 bits per heavy atom. The molecule has 0 heterocycles. The van der Waals surface area contributed by atoms with Gasteiger partial charge in [-0.05, 0) is 50.0 Å². The third-order valence-corrected chi connectivity index (χ3v) is 2.39. The van der Waals surface area contributed by atoms with Gasteiger partial charge in [0.2, 0.25) is 0 Å². The van der Waals surface area contributed by atoms with E-state index in [4.69, 9.17) is 4.74 Å². The molecular formula is C14H23NO. The van der Waals surface area contributed by atoms with Gasteiger partial charge in [-0.1, -0.05) is 26.0 Å². The van der Waals surface area contributed by atoms with E-state index >= 15 is 0 Å². The zero-order chi connectivity index (χ0) is 11.6. The third kappa shape index (κ3) is 5.17. The van der Waals surface area contributed by atoms with Crippen molar-refractivity contribution in [2.24, 2.45) is 0 Å². The third-order valence-electron chi connectivity index (χ3n) is 2.39. The Labute approximate surface area is 99.0 Å². The molecule has 0 amide bonds. The summed E-state index contributed by atoms with van der Waals surface area (Å²) in [5, 5.41) is 3.41. The summed E-state index contributed by atoms with van der Waals surface area (Å²) in [4.78, 5) is 0. The quantitative estimate of drug-likeness (QED) is 0.681. The lowest BCUT2D eigenvalue weighted by Crippen LogP contribution is -2.17. The van der Waals surface area contributed by atoms with Gasteiger partial charge in [0.25, 0.3) is 0 Å². The summed E-state index contributed by atoms with van der Waals surface area (Å²) < 4.78 is 5.60. The van der Waals surface area contributed by atoms with Crippen molar-refractivity contribution < 1.29 is 4.74 Å². The fourth-order valence-corrected chi connectivity index (χ4v) is 1.55. The molecule has 0 bridgehead atoms. The molecular weight excluding hydrogens is 198 g/mol. The topological polar surface area (TPSA) is 21.3 Å². The van der Waals surface area contributed by atoms with E-state index in [0.29, 0.717) is 0 Å². The van der Waals surface area contributed by atoms with Gasteiger partial charge in [0.05, 0.1) is 6.61 Å². The average Bonchev–Trinajstić information content (AvgIpc) is 2.33. The van der Waals surface area contributed by atoms with E-state index < -0.39 is 0 Å². The monoisotopic (exact) mass is 221 g/mol. The summed E-state index contributed by atoms with van der Waals surface area (Å²) in [5.74, 6) is 0.995. The lowest BCUT2D eigenvalue weighted by Gasteiger charge is -2.07. The lowest BCUT2D eigenvalue weighted by atomic mass is 10.1. The van der Waals surface area contributed by atoms with Crippen molar-refractivity contribution in [3.05, 3.63) is 29.8 Å². The largest absolute Gasteiger partial charge is 0.494 e. The predicted molar refractivity (Wildman–Crippen MR) is 69.1 cm³/mol. The summed E-state index contributed by atoms with van der Waals surface area (Å²) in [6.07, 6.45) is 3.32. The highest BCUT2D eigenvalue weighted by atomic mass is 16.5. The fraction of sp³-hybridized carbons (Fsp3) is 0.571. The summed E-state index contributed by atoms with van der Waals surface area (Å²) in [6, 6.07) is 8.40. The highest BCUT2D eigenvalue weighted by molar-refractivity contribution is 5.28. The smallest absolute Gasteiger partial charge is 0.119 e. The minimum absolute atomic E-state index is 0.803. The number of nitrogens with one attached hydrogen (secondary N) is 1. The van der Waals surface area contributed by atoms with Crippen LogP contribution in [0.1, 0.15) is 32.3 Å². The summed E-state index contributed by atoms with van der Waals surface area (Å²) >= 11 is 0. The first-order valence-electron chi connectivity index (χ1n) is 6.29. The van der Waals surface area contributed by atoms with Crippen LogP contribution in [0, 0.1) is 0 Å². The van der Waals surface area contributed by atoms with Crippen molar-refractivity contribution in [2.45, 2.75) is 33.1 Å². The molecule has 0 aliphatic carbocycles. The minimum atomic E-state index is 0.803. The van der Waals surface area contributed by atoms with Crippen molar-refractivity contribution in [1.82, 2.24) is 5.32 Å². The van der Waals surface area contributed by atoms with Gasteiger partial charge in [0.15, 0.2) is 0 Å². The van der Waals surface area contributed by atoms with E-state index in [2.05, 4.69) is 37.4 Å². The summed E-state index contributed by atoms with van der Waals surface area (Å²) in [5.41, 5.74) is 1.34. The molecule has 1 rings (SSSR count). The van der Waals surface area contributed by atoms with E-state index in [1.807, 2.05) is 6.07 Å². The number of ether oxygens (including phenoxy) is 1. The minimum Gasteiger partial charge on any atom is -0.494 e. The van der Waals surface area contributed by atoms with Crippen LogP contribution in [-0.2, 0) is 6.42 Å². The van der Waals surface area contributed by atoms with Gasteiger partial charge in [-0.15, -0.1) is 0 Å². The molecule has 1 N–H and O–H groups in total. The molecule has 2 nitrogen and oxygen atoms in total. The number of rotatable bonds is 8. The van der Waals surface area contributed by atoms with Crippen LogP contribution in [0.3, 0.4) is 0 Å². The maximum Gasteiger partial charge on any atom is 0.119 e. The van der Waals surface area contributed by atoms with Crippen LogP contribution in [0.15, 0.2) is 24.3 Å². The Bertz CT molecular complexity index is 286.